The van der Waals surface area contributed by atoms with Crippen molar-refractivity contribution in [2.75, 3.05) is 0 Å². The number of nitrogens with zero attached hydrogens (tertiary/aromatic N) is 1. The van der Waals surface area contributed by atoms with E-state index in [0.29, 0.717) is 16.4 Å². The Bertz CT molecular complexity index is 498. The summed E-state index contributed by atoms with van der Waals surface area (Å²) in [5.41, 5.74) is 0.806. The Kier molecular flexibility index (Phi) is 3.24. The number of aromatic nitrogens is 1. The molecule has 0 aliphatic rings. The van der Waals surface area contributed by atoms with Crippen molar-refractivity contribution >= 4 is 11.8 Å². The molecule has 0 fully saturated rings. The quantitative estimate of drug-likeness (QED) is 0.768. The minimum Gasteiger partial charge on any atom is -0.360 e. The van der Waals surface area contributed by atoms with Gasteiger partial charge in [0.05, 0.1) is 11.4 Å². The zero-order valence-corrected chi connectivity index (χ0v) is 9.35. The monoisotopic (exact) mass is 241 g/mol. The molecule has 0 saturated carbocycles. The number of halogens is 2. The van der Waals surface area contributed by atoms with Crippen LogP contribution in [0.2, 0.25) is 0 Å². The lowest BCUT2D eigenvalue weighted by Gasteiger charge is -1.99. The molecule has 0 bridgehead atoms. The smallest absolute Gasteiger partial charge is 0.159 e. The molecule has 0 saturated heterocycles. The number of thioether (sulfide) groups is 1. The second kappa shape index (κ2) is 4.65. The number of hydrogen-bond donors (Lipinski definition) is 0. The van der Waals surface area contributed by atoms with Crippen molar-refractivity contribution in [2.45, 2.75) is 17.6 Å². The number of benzene rings is 1. The largest absolute Gasteiger partial charge is 0.360 e. The molecule has 16 heavy (non-hydrogen) atoms. The van der Waals surface area contributed by atoms with Gasteiger partial charge in [0.1, 0.15) is 5.76 Å². The molecule has 0 aliphatic heterocycles. The van der Waals surface area contributed by atoms with Gasteiger partial charge in [-0.3, -0.25) is 0 Å². The molecular weight excluding hydrogens is 232 g/mol. The Hall–Kier alpha value is -1.36. The molecule has 0 radical (unpaired) electrons. The van der Waals surface area contributed by atoms with Gasteiger partial charge in [-0.1, -0.05) is 5.16 Å². The summed E-state index contributed by atoms with van der Waals surface area (Å²) in [5.74, 6) is -0.405. The molecule has 2 rings (SSSR count). The van der Waals surface area contributed by atoms with Crippen LogP contribution in [0, 0.1) is 18.6 Å². The van der Waals surface area contributed by atoms with Gasteiger partial charge in [-0.15, -0.1) is 11.8 Å². The number of hydrogen-bond acceptors (Lipinski definition) is 3. The molecule has 0 spiro atoms. The topological polar surface area (TPSA) is 26.0 Å². The van der Waals surface area contributed by atoms with Gasteiger partial charge in [-0.05, 0) is 25.1 Å². The first-order chi connectivity index (χ1) is 7.65. The van der Waals surface area contributed by atoms with Gasteiger partial charge >= 0.3 is 0 Å². The standard InChI is InChI=1S/C11H9F2NOS/c1-7-4-8(15-14-7)6-16-9-2-3-10(12)11(13)5-9/h2-5H,6H2,1H3. The maximum absolute atomic E-state index is 12.9. The fourth-order valence-electron chi connectivity index (χ4n) is 1.21. The average Bonchev–Trinajstić information content (AvgIpc) is 2.66. The lowest BCUT2D eigenvalue weighted by molar-refractivity contribution is 0.391. The van der Waals surface area contributed by atoms with Gasteiger partial charge in [0, 0.05) is 11.0 Å². The maximum atomic E-state index is 12.9. The summed E-state index contributed by atoms with van der Waals surface area (Å²) in [6.45, 7) is 1.83. The number of rotatable bonds is 3. The molecule has 1 aromatic carbocycles. The van der Waals surface area contributed by atoms with E-state index >= 15 is 0 Å². The van der Waals surface area contributed by atoms with E-state index in [1.165, 1.54) is 23.9 Å². The van der Waals surface area contributed by atoms with E-state index < -0.39 is 11.6 Å². The molecule has 0 aliphatic carbocycles. The highest BCUT2D eigenvalue weighted by atomic mass is 32.2. The highest BCUT2D eigenvalue weighted by Crippen LogP contribution is 2.24. The lowest BCUT2D eigenvalue weighted by atomic mass is 10.3. The predicted molar refractivity (Wildman–Crippen MR) is 57.2 cm³/mol. The van der Waals surface area contributed by atoms with Crippen LogP contribution in [-0.2, 0) is 5.75 Å². The molecule has 2 aromatic rings. The molecule has 0 atom stereocenters. The Morgan fingerprint density at radius 3 is 2.69 bits per heavy atom. The van der Waals surface area contributed by atoms with Gasteiger partial charge in [-0.25, -0.2) is 8.78 Å². The third kappa shape index (κ3) is 2.61. The Morgan fingerprint density at radius 2 is 2.06 bits per heavy atom. The first kappa shape index (κ1) is 11.1. The van der Waals surface area contributed by atoms with Crippen LogP contribution in [0.15, 0.2) is 33.7 Å². The minimum atomic E-state index is -0.834. The van der Waals surface area contributed by atoms with Crippen LogP contribution >= 0.6 is 11.8 Å². The molecule has 5 heteroatoms. The van der Waals surface area contributed by atoms with Crippen LogP contribution in [0.3, 0.4) is 0 Å². The summed E-state index contributed by atoms with van der Waals surface area (Å²) < 4.78 is 30.5. The van der Waals surface area contributed by atoms with E-state index in [0.717, 1.165) is 11.8 Å². The lowest BCUT2D eigenvalue weighted by Crippen LogP contribution is -1.84. The van der Waals surface area contributed by atoms with E-state index in [1.807, 2.05) is 13.0 Å². The molecule has 1 heterocycles. The van der Waals surface area contributed by atoms with Crippen molar-refractivity contribution < 1.29 is 13.3 Å². The molecule has 0 N–H and O–H groups in total. The molecule has 0 unspecified atom stereocenters. The molecule has 1 aromatic heterocycles. The first-order valence-electron chi connectivity index (χ1n) is 4.65. The van der Waals surface area contributed by atoms with Gasteiger partial charge in [0.2, 0.25) is 0 Å². The van der Waals surface area contributed by atoms with Crippen molar-refractivity contribution in [3.63, 3.8) is 0 Å². The average molecular weight is 241 g/mol. The molecule has 2 nitrogen and oxygen atoms in total. The maximum Gasteiger partial charge on any atom is 0.159 e. The molecule has 0 amide bonds. The summed E-state index contributed by atoms with van der Waals surface area (Å²) >= 11 is 1.37. The molecule has 84 valence electrons. The van der Waals surface area contributed by atoms with Gasteiger partial charge in [0.25, 0.3) is 0 Å². The second-order valence-corrected chi connectivity index (χ2v) is 4.35. The van der Waals surface area contributed by atoms with Crippen molar-refractivity contribution in [3.8, 4) is 0 Å². The van der Waals surface area contributed by atoms with Crippen molar-refractivity contribution in [1.82, 2.24) is 5.16 Å². The van der Waals surface area contributed by atoms with Crippen LogP contribution in [0.4, 0.5) is 8.78 Å². The van der Waals surface area contributed by atoms with E-state index in [-0.39, 0.29) is 0 Å². The normalized spacial score (nSPS) is 10.7. The SMILES string of the molecule is Cc1cc(CSc2ccc(F)c(F)c2)on1. The van der Waals surface area contributed by atoms with E-state index in [9.17, 15) is 8.78 Å². The highest BCUT2D eigenvalue weighted by molar-refractivity contribution is 7.98. The zero-order chi connectivity index (χ0) is 11.5. The van der Waals surface area contributed by atoms with Crippen LogP contribution < -0.4 is 0 Å². The van der Waals surface area contributed by atoms with E-state index in [4.69, 9.17) is 4.52 Å². The zero-order valence-electron chi connectivity index (χ0n) is 8.54. The Labute approximate surface area is 95.6 Å². The van der Waals surface area contributed by atoms with Crippen LogP contribution in [-0.4, -0.2) is 5.16 Å². The van der Waals surface area contributed by atoms with Gasteiger partial charge in [-0.2, -0.15) is 0 Å². The first-order valence-corrected chi connectivity index (χ1v) is 5.64. The highest BCUT2D eigenvalue weighted by Gasteiger charge is 2.05. The summed E-state index contributed by atoms with van der Waals surface area (Å²) in [5, 5.41) is 3.74. The summed E-state index contributed by atoms with van der Waals surface area (Å²) in [4.78, 5) is 0.660. The van der Waals surface area contributed by atoms with Gasteiger partial charge < -0.3 is 4.52 Å². The van der Waals surface area contributed by atoms with Gasteiger partial charge in [0.15, 0.2) is 11.6 Å². The predicted octanol–water partition coefficient (Wildman–Crippen LogP) is 3.55. The van der Waals surface area contributed by atoms with Crippen LogP contribution in [0.5, 0.6) is 0 Å². The summed E-state index contributed by atoms with van der Waals surface area (Å²) in [6.07, 6.45) is 0. The Balaban J connectivity index is 2.02. The minimum absolute atomic E-state index is 0.548. The van der Waals surface area contributed by atoms with Crippen LogP contribution in [0.25, 0.3) is 0 Å². The van der Waals surface area contributed by atoms with Crippen molar-refractivity contribution in [1.29, 1.82) is 0 Å². The fraction of sp³-hybridized carbons (Fsp3) is 0.182. The van der Waals surface area contributed by atoms with Crippen molar-refractivity contribution in [3.05, 3.63) is 47.4 Å². The Morgan fingerprint density at radius 1 is 1.25 bits per heavy atom. The third-order valence-electron chi connectivity index (χ3n) is 1.95. The molecular formula is C11H9F2NOS. The third-order valence-corrected chi connectivity index (χ3v) is 2.97. The number of aryl methyl sites for hydroxylation is 1. The summed E-state index contributed by atoms with van der Waals surface area (Å²) in [6, 6.07) is 5.63. The summed E-state index contributed by atoms with van der Waals surface area (Å²) in [7, 11) is 0. The van der Waals surface area contributed by atoms with E-state index in [2.05, 4.69) is 5.16 Å². The van der Waals surface area contributed by atoms with E-state index in [1.54, 1.807) is 0 Å². The van der Waals surface area contributed by atoms with Crippen molar-refractivity contribution in [2.24, 2.45) is 0 Å². The fourth-order valence-corrected chi connectivity index (χ4v) is 2.00. The van der Waals surface area contributed by atoms with Crippen LogP contribution in [0.1, 0.15) is 11.5 Å². The second-order valence-electron chi connectivity index (χ2n) is 3.30.